The van der Waals surface area contributed by atoms with Crippen molar-refractivity contribution in [2.75, 3.05) is 0 Å². The molecule has 2 N–H and O–H groups in total. The molecular formula is C29H34F2N4O4. The zero-order valence-corrected chi connectivity index (χ0v) is 22.9. The normalized spacial score (nSPS) is 13.4. The minimum absolute atomic E-state index is 0.124. The molecule has 2 aromatic carbocycles. The van der Waals surface area contributed by atoms with Crippen LogP contribution >= 0.6 is 0 Å². The number of aromatic nitrogens is 4. The van der Waals surface area contributed by atoms with Crippen LogP contribution in [0.3, 0.4) is 0 Å². The van der Waals surface area contributed by atoms with Gasteiger partial charge in [0.05, 0.1) is 18.6 Å². The zero-order valence-electron chi connectivity index (χ0n) is 22.9. The van der Waals surface area contributed by atoms with Gasteiger partial charge in [-0.1, -0.05) is 24.3 Å². The number of aliphatic hydroxyl groups excluding tert-OH is 2. The van der Waals surface area contributed by atoms with Crippen molar-refractivity contribution in [2.24, 2.45) is 7.05 Å². The molecular weight excluding hydrogens is 506 g/mol. The zero-order chi connectivity index (χ0) is 28.9. The monoisotopic (exact) mass is 540 g/mol. The molecule has 39 heavy (non-hydrogen) atoms. The molecule has 3 rings (SSSR count). The average Bonchev–Trinajstić information content (AvgIpc) is 3.22. The van der Waals surface area contributed by atoms with Crippen molar-refractivity contribution in [1.29, 1.82) is 0 Å². The van der Waals surface area contributed by atoms with E-state index in [1.807, 2.05) is 0 Å². The second-order valence-electron chi connectivity index (χ2n) is 10.4. The molecule has 208 valence electrons. The molecule has 0 bridgehead atoms. The Labute approximate surface area is 226 Å². The summed E-state index contributed by atoms with van der Waals surface area (Å²) in [6.45, 7) is 8.71. The Hall–Kier alpha value is -3.76. The van der Waals surface area contributed by atoms with Crippen molar-refractivity contribution in [3.05, 3.63) is 88.3 Å². The fraction of sp³-hybridized carbons (Fsp3) is 0.379. The molecule has 0 aliphatic heterocycles. The SMILES string of the molecule is Cc1cc(F)ccc1C(=C(/C=C/C(O)CC(O)CC(=O)OC(C)(C)C)c1nnnn1C)c1ccc(F)cc1C. The first-order valence-electron chi connectivity index (χ1n) is 12.5. The summed E-state index contributed by atoms with van der Waals surface area (Å²) in [6, 6.07) is 8.71. The first-order valence-corrected chi connectivity index (χ1v) is 12.5. The molecule has 0 radical (unpaired) electrons. The summed E-state index contributed by atoms with van der Waals surface area (Å²) in [5.74, 6) is -1.04. The molecule has 10 heteroatoms. The summed E-state index contributed by atoms with van der Waals surface area (Å²) < 4.78 is 34.8. The Kier molecular flexibility index (Phi) is 9.47. The van der Waals surface area contributed by atoms with E-state index in [-0.39, 0.29) is 12.8 Å². The highest BCUT2D eigenvalue weighted by atomic mass is 19.1. The fourth-order valence-electron chi connectivity index (χ4n) is 4.20. The number of rotatable bonds is 9. The van der Waals surface area contributed by atoms with E-state index >= 15 is 0 Å². The highest BCUT2D eigenvalue weighted by molar-refractivity contribution is 6.02. The maximum absolute atomic E-state index is 14.0. The van der Waals surface area contributed by atoms with E-state index in [1.54, 1.807) is 59.9 Å². The number of hydrogen-bond donors (Lipinski definition) is 2. The predicted octanol–water partition coefficient (Wildman–Crippen LogP) is 4.46. The molecule has 0 spiro atoms. The van der Waals surface area contributed by atoms with Gasteiger partial charge in [-0.05, 0) is 91.6 Å². The Bertz CT molecular complexity index is 1340. The van der Waals surface area contributed by atoms with Crippen molar-refractivity contribution < 1.29 is 28.5 Å². The van der Waals surface area contributed by atoms with Crippen LogP contribution in [0.4, 0.5) is 8.78 Å². The lowest BCUT2D eigenvalue weighted by Gasteiger charge is -2.21. The number of halogens is 2. The second-order valence-corrected chi connectivity index (χ2v) is 10.4. The summed E-state index contributed by atoms with van der Waals surface area (Å²) in [7, 11) is 1.65. The fourth-order valence-corrected chi connectivity index (χ4v) is 4.20. The van der Waals surface area contributed by atoms with Crippen molar-refractivity contribution in [2.45, 2.75) is 65.3 Å². The average molecular weight is 541 g/mol. The quantitative estimate of drug-likeness (QED) is 0.305. The molecule has 0 saturated carbocycles. The molecule has 0 aliphatic carbocycles. The van der Waals surface area contributed by atoms with Crippen LogP contribution in [0.1, 0.15) is 61.7 Å². The van der Waals surface area contributed by atoms with Crippen LogP contribution < -0.4 is 0 Å². The van der Waals surface area contributed by atoms with Gasteiger partial charge < -0.3 is 14.9 Å². The van der Waals surface area contributed by atoms with E-state index in [0.717, 1.165) is 0 Å². The van der Waals surface area contributed by atoms with Gasteiger partial charge in [-0.25, -0.2) is 13.5 Å². The smallest absolute Gasteiger partial charge is 0.308 e. The van der Waals surface area contributed by atoms with E-state index in [9.17, 15) is 23.8 Å². The third kappa shape index (κ3) is 8.11. The van der Waals surface area contributed by atoms with Gasteiger partial charge in [0.1, 0.15) is 17.2 Å². The summed E-state index contributed by atoms with van der Waals surface area (Å²) in [5, 5.41) is 32.9. The van der Waals surface area contributed by atoms with Crippen molar-refractivity contribution in [1.82, 2.24) is 20.2 Å². The summed E-state index contributed by atoms with van der Waals surface area (Å²) in [5.41, 5.74) is 2.97. The van der Waals surface area contributed by atoms with Gasteiger partial charge in [-0.15, -0.1) is 5.10 Å². The lowest BCUT2D eigenvalue weighted by molar-refractivity contribution is -0.157. The largest absolute Gasteiger partial charge is 0.460 e. The van der Waals surface area contributed by atoms with E-state index in [4.69, 9.17) is 4.74 Å². The van der Waals surface area contributed by atoms with Crippen LogP contribution in [0.15, 0.2) is 48.6 Å². The Balaban J connectivity index is 2.09. The van der Waals surface area contributed by atoms with Crippen LogP contribution in [-0.4, -0.2) is 54.2 Å². The number of carbonyl (C=O) groups excluding carboxylic acids is 1. The van der Waals surface area contributed by atoms with Crippen molar-refractivity contribution >= 4 is 17.1 Å². The van der Waals surface area contributed by atoms with E-state index in [1.165, 1.54) is 35.0 Å². The number of benzene rings is 2. The molecule has 2 unspecified atom stereocenters. The number of esters is 1. The Morgan fingerprint density at radius 3 is 2.08 bits per heavy atom. The van der Waals surface area contributed by atoms with Crippen LogP contribution in [0.5, 0.6) is 0 Å². The number of allylic oxidation sites excluding steroid dienone is 2. The van der Waals surface area contributed by atoms with Gasteiger partial charge >= 0.3 is 5.97 Å². The maximum Gasteiger partial charge on any atom is 0.308 e. The van der Waals surface area contributed by atoms with Crippen LogP contribution in [0, 0.1) is 25.5 Å². The highest BCUT2D eigenvalue weighted by Crippen LogP contribution is 2.36. The standard InChI is InChI=1S/C29H34F2N4O4/c1-17-13-19(30)7-10-23(17)27(24-11-8-20(31)14-18(24)2)25(28-32-33-34-35(28)6)12-9-21(36)15-22(37)16-26(38)39-29(3,4)5/h7-14,21-22,36-37H,15-16H2,1-6H3/b12-9+. The lowest BCUT2D eigenvalue weighted by atomic mass is 9.87. The number of carbonyl (C=O) groups is 1. The number of hydrogen-bond acceptors (Lipinski definition) is 7. The molecule has 0 fully saturated rings. The van der Waals surface area contributed by atoms with E-state index < -0.39 is 35.4 Å². The summed E-state index contributed by atoms with van der Waals surface area (Å²) in [6.07, 6.45) is 0.399. The number of ether oxygens (including phenoxy) is 1. The summed E-state index contributed by atoms with van der Waals surface area (Å²) in [4.78, 5) is 12.1. The third-order valence-electron chi connectivity index (χ3n) is 5.87. The first kappa shape index (κ1) is 29.8. The topological polar surface area (TPSA) is 110 Å². The summed E-state index contributed by atoms with van der Waals surface area (Å²) >= 11 is 0. The lowest BCUT2D eigenvalue weighted by Crippen LogP contribution is -2.27. The van der Waals surface area contributed by atoms with Crippen LogP contribution in [0.25, 0.3) is 11.1 Å². The maximum atomic E-state index is 14.0. The van der Waals surface area contributed by atoms with Crippen LogP contribution in [-0.2, 0) is 16.6 Å². The van der Waals surface area contributed by atoms with Gasteiger partial charge in [0.25, 0.3) is 0 Å². The molecule has 2 atom stereocenters. The molecule has 0 amide bonds. The molecule has 1 aromatic heterocycles. The third-order valence-corrected chi connectivity index (χ3v) is 5.87. The van der Waals surface area contributed by atoms with Crippen molar-refractivity contribution in [3.63, 3.8) is 0 Å². The van der Waals surface area contributed by atoms with Gasteiger partial charge in [-0.2, -0.15) is 0 Å². The minimum atomic E-state index is -1.14. The van der Waals surface area contributed by atoms with Gasteiger partial charge in [0, 0.05) is 24.6 Å². The molecule has 0 aliphatic rings. The Morgan fingerprint density at radius 2 is 1.62 bits per heavy atom. The van der Waals surface area contributed by atoms with Gasteiger partial charge in [-0.3, -0.25) is 4.79 Å². The van der Waals surface area contributed by atoms with Gasteiger partial charge in [0.2, 0.25) is 0 Å². The minimum Gasteiger partial charge on any atom is -0.460 e. The van der Waals surface area contributed by atoms with Gasteiger partial charge in [0.15, 0.2) is 5.82 Å². The Morgan fingerprint density at radius 1 is 1.05 bits per heavy atom. The van der Waals surface area contributed by atoms with E-state index in [2.05, 4.69) is 15.5 Å². The predicted molar refractivity (Wildman–Crippen MR) is 143 cm³/mol. The van der Waals surface area contributed by atoms with Crippen molar-refractivity contribution in [3.8, 4) is 0 Å². The second kappa shape index (κ2) is 12.4. The molecule has 1 heterocycles. The van der Waals surface area contributed by atoms with E-state index in [0.29, 0.717) is 39.2 Å². The number of aryl methyl sites for hydroxylation is 3. The van der Waals surface area contributed by atoms with Crippen LogP contribution in [0.2, 0.25) is 0 Å². The molecule has 8 nitrogen and oxygen atoms in total. The highest BCUT2D eigenvalue weighted by Gasteiger charge is 2.22. The first-order chi connectivity index (χ1) is 18.2. The molecule has 0 saturated heterocycles. The molecule has 3 aromatic rings. The number of tetrazole rings is 1. The number of nitrogens with zero attached hydrogens (tertiary/aromatic N) is 4. The number of aliphatic hydroxyl groups is 2.